The maximum absolute atomic E-state index is 13.4. The van der Waals surface area contributed by atoms with Gasteiger partial charge in [0, 0.05) is 43.9 Å². The molecule has 1 aromatic heterocycles. The number of anilines is 2. The molecular weight excluding hydrogens is 525 g/mol. The topological polar surface area (TPSA) is 65.5 Å². The normalized spacial score (nSPS) is 16.5. The number of piperidine rings is 1. The van der Waals surface area contributed by atoms with Crippen LogP contribution in [0.25, 0.3) is 0 Å². The fourth-order valence-corrected chi connectivity index (χ4v) is 6.21. The predicted molar refractivity (Wildman–Crippen MR) is 146 cm³/mol. The van der Waals surface area contributed by atoms with Gasteiger partial charge in [-0.05, 0) is 55.9 Å². The third-order valence-corrected chi connectivity index (χ3v) is 8.45. The predicted octanol–water partition coefficient (Wildman–Crippen LogP) is 6.35. The number of thiazole rings is 1. The van der Waals surface area contributed by atoms with Crippen molar-refractivity contribution in [1.29, 1.82) is 0 Å². The van der Waals surface area contributed by atoms with Crippen molar-refractivity contribution in [2.45, 2.75) is 50.6 Å². The number of hydrogen-bond donors (Lipinski definition) is 1. The van der Waals surface area contributed by atoms with Crippen LogP contribution in [0.4, 0.5) is 24.5 Å². The number of carbonyl (C=O) groups is 2. The minimum Gasteiger partial charge on any atom is -0.370 e. The molecule has 2 saturated heterocycles. The number of likely N-dealkylation sites (tertiary alicyclic amines) is 1. The van der Waals surface area contributed by atoms with Gasteiger partial charge in [-0.3, -0.25) is 9.59 Å². The van der Waals surface area contributed by atoms with Crippen LogP contribution in [0.15, 0.2) is 53.9 Å². The molecule has 0 saturated carbocycles. The van der Waals surface area contributed by atoms with Gasteiger partial charge >= 0.3 is 6.18 Å². The molecule has 2 aliphatic rings. The minimum atomic E-state index is -4.51. The van der Waals surface area contributed by atoms with E-state index >= 15 is 0 Å². The number of halogens is 3. The van der Waals surface area contributed by atoms with Crippen molar-refractivity contribution in [1.82, 2.24) is 9.88 Å². The standard InChI is InChI=1S/C29H31F3N4O2S/c30-29(31,32)22-9-10-25(35-14-4-5-15-35)23(18-22)33-27(38)24-19-39-28(34-24)21-12-16-36(17-13-21)26(37)11-8-20-6-2-1-3-7-20/h1-3,6-7,9-10,18-19,21H,4-5,8,11-17H2,(H,33,38). The summed E-state index contributed by atoms with van der Waals surface area (Å²) in [5.41, 5.74) is 1.28. The number of nitrogens with one attached hydrogen (secondary N) is 1. The van der Waals surface area contributed by atoms with Gasteiger partial charge in [-0.25, -0.2) is 4.98 Å². The quantitative estimate of drug-likeness (QED) is 0.368. The van der Waals surface area contributed by atoms with E-state index < -0.39 is 17.6 Å². The number of nitrogens with zero attached hydrogens (tertiary/aromatic N) is 3. The summed E-state index contributed by atoms with van der Waals surface area (Å²) in [6.45, 7) is 2.76. The van der Waals surface area contributed by atoms with Crippen molar-refractivity contribution in [3.8, 4) is 0 Å². The van der Waals surface area contributed by atoms with E-state index in [1.807, 2.05) is 40.1 Å². The summed E-state index contributed by atoms with van der Waals surface area (Å²) in [5.74, 6) is -0.236. The first-order valence-electron chi connectivity index (χ1n) is 13.3. The van der Waals surface area contributed by atoms with Crippen LogP contribution >= 0.6 is 11.3 Å². The number of hydrogen-bond acceptors (Lipinski definition) is 5. The molecule has 2 aliphatic heterocycles. The summed E-state index contributed by atoms with van der Waals surface area (Å²) < 4.78 is 40.1. The summed E-state index contributed by atoms with van der Waals surface area (Å²) in [6.07, 6.45) is 0.134. The molecule has 0 radical (unpaired) electrons. The largest absolute Gasteiger partial charge is 0.416 e. The fraction of sp³-hybridized carbons (Fsp3) is 0.414. The van der Waals surface area contributed by atoms with E-state index in [2.05, 4.69) is 10.3 Å². The summed E-state index contributed by atoms with van der Waals surface area (Å²) in [4.78, 5) is 34.2. The summed E-state index contributed by atoms with van der Waals surface area (Å²) in [6, 6.07) is 13.4. The van der Waals surface area contributed by atoms with Crippen LogP contribution in [0, 0.1) is 0 Å². The van der Waals surface area contributed by atoms with Crippen LogP contribution in [0.5, 0.6) is 0 Å². The Labute approximate surface area is 229 Å². The van der Waals surface area contributed by atoms with E-state index in [1.54, 1.807) is 5.38 Å². The second-order valence-electron chi connectivity index (χ2n) is 10.1. The highest BCUT2D eigenvalue weighted by molar-refractivity contribution is 7.10. The number of aryl methyl sites for hydroxylation is 1. The van der Waals surface area contributed by atoms with Gasteiger partial charge in [-0.2, -0.15) is 13.2 Å². The van der Waals surface area contributed by atoms with E-state index in [0.29, 0.717) is 25.2 Å². The first-order valence-corrected chi connectivity index (χ1v) is 14.2. The minimum absolute atomic E-state index is 0.142. The highest BCUT2D eigenvalue weighted by atomic mass is 32.1. The van der Waals surface area contributed by atoms with E-state index in [4.69, 9.17) is 0 Å². The molecule has 3 heterocycles. The first-order chi connectivity index (χ1) is 18.8. The van der Waals surface area contributed by atoms with E-state index in [1.165, 1.54) is 17.4 Å². The molecule has 2 fully saturated rings. The van der Waals surface area contributed by atoms with E-state index in [-0.39, 0.29) is 23.2 Å². The van der Waals surface area contributed by atoms with Crippen molar-refractivity contribution >= 4 is 34.5 Å². The number of benzene rings is 2. The van der Waals surface area contributed by atoms with Gasteiger partial charge in [-0.1, -0.05) is 30.3 Å². The molecule has 3 aromatic rings. The zero-order valence-corrected chi connectivity index (χ0v) is 22.4. The Morgan fingerprint density at radius 3 is 2.41 bits per heavy atom. The second kappa shape index (κ2) is 11.8. The average Bonchev–Trinajstić information content (AvgIpc) is 3.65. The van der Waals surface area contributed by atoms with Crippen molar-refractivity contribution in [2.24, 2.45) is 0 Å². The lowest BCUT2D eigenvalue weighted by Gasteiger charge is -2.31. The Morgan fingerprint density at radius 2 is 1.72 bits per heavy atom. The summed E-state index contributed by atoms with van der Waals surface area (Å²) >= 11 is 1.38. The molecule has 1 N–H and O–H groups in total. The molecule has 39 heavy (non-hydrogen) atoms. The van der Waals surface area contributed by atoms with Crippen LogP contribution in [-0.2, 0) is 17.4 Å². The Kier molecular flexibility index (Phi) is 8.20. The lowest BCUT2D eigenvalue weighted by molar-refractivity contribution is -0.137. The van der Waals surface area contributed by atoms with E-state index in [9.17, 15) is 22.8 Å². The Morgan fingerprint density at radius 1 is 1.00 bits per heavy atom. The van der Waals surface area contributed by atoms with Crippen LogP contribution in [-0.4, -0.2) is 47.9 Å². The maximum atomic E-state index is 13.4. The van der Waals surface area contributed by atoms with Gasteiger partial charge in [0.25, 0.3) is 5.91 Å². The molecule has 0 bridgehead atoms. The third kappa shape index (κ3) is 6.61. The highest BCUT2D eigenvalue weighted by Gasteiger charge is 2.32. The number of alkyl halides is 3. The van der Waals surface area contributed by atoms with Crippen LogP contribution in [0.1, 0.15) is 64.6 Å². The van der Waals surface area contributed by atoms with Crippen molar-refractivity contribution in [2.75, 3.05) is 36.4 Å². The van der Waals surface area contributed by atoms with Crippen LogP contribution in [0.3, 0.4) is 0 Å². The smallest absolute Gasteiger partial charge is 0.370 e. The van der Waals surface area contributed by atoms with Gasteiger partial charge in [0.05, 0.1) is 21.9 Å². The lowest BCUT2D eigenvalue weighted by Crippen LogP contribution is -2.38. The van der Waals surface area contributed by atoms with Gasteiger partial charge in [0.1, 0.15) is 5.69 Å². The molecular formula is C29H31F3N4O2S. The number of amides is 2. The Balaban J connectivity index is 1.20. The molecule has 0 atom stereocenters. The van der Waals surface area contributed by atoms with E-state index in [0.717, 1.165) is 67.9 Å². The van der Waals surface area contributed by atoms with Crippen LogP contribution in [0.2, 0.25) is 0 Å². The molecule has 10 heteroatoms. The first kappa shape index (κ1) is 27.2. The molecule has 6 nitrogen and oxygen atoms in total. The molecule has 0 aliphatic carbocycles. The monoisotopic (exact) mass is 556 g/mol. The van der Waals surface area contributed by atoms with Gasteiger partial charge in [-0.15, -0.1) is 11.3 Å². The van der Waals surface area contributed by atoms with Gasteiger partial charge < -0.3 is 15.1 Å². The third-order valence-electron chi connectivity index (χ3n) is 7.44. The van der Waals surface area contributed by atoms with Gasteiger partial charge in [0.2, 0.25) is 5.91 Å². The molecule has 2 amide bonds. The summed E-state index contributed by atoms with van der Waals surface area (Å²) in [5, 5.41) is 5.17. The number of carbonyl (C=O) groups excluding carboxylic acids is 2. The van der Waals surface area contributed by atoms with Crippen LogP contribution < -0.4 is 10.2 Å². The molecule has 0 spiro atoms. The second-order valence-corrected chi connectivity index (χ2v) is 11.0. The number of aromatic nitrogens is 1. The zero-order chi connectivity index (χ0) is 27.4. The van der Waals surface area contributed by atoms with Crippen molar-refractivity contribution < 1.29 is 22.8 Å². The molecule has 5 rings (SSSR count). The Hall–Kier alpha value is -3.40. The van der Waals surface area contributed by atoms with Gasteiger partial charge in [0.15, 0.2) is 0 Å². The SMILES string of the molecule is O=C(Nc1cc(C(F)(F)F)ccc1N1CCCC1)c1csc(C2CCN(C(=O)CCc3ccccc3)CC2)n1. The highest BCUT2D eigenvalue weighted by Crippen LogP contribution is 2.37. The molecule has 0 unspecified atom stereocenters. The van der Waals surface area contributed by atoms with Crippen molar-refractivity contribution in [3.63, 3.8) is 0 Å². The summed E-state index contributed by atoms with van der Waals surface area (Å²) in [7, 11) is 0. The fourth-order valence-electron chi connectivity index (χ4n) is 5.24. The molecule has 206 valence electrons. The molecule has 2 aromatic carbocycles. The average molecular weight is 557 g/mol. The Bertz CT molecular complexity index is 1300. The lowest BCUT2D eigenvalue weighted by atomic mass is 9.97. The maximum Gasteiger partial charge on any atom is 0.416 e. The zero-order valence-electron chi connectivity index (χ0n) is 21.5. The number of rotatable bonds is 7. The van der Waals surface area contributed by atoms with Crippen molar-refractivity contribution in [3.05, 3.63) is 75.7 Å².